The molecular weight excluding hydrogens is 264 g/mol. The summed E-state index contributed by atoms with van der Waals surface area (Å²) in [6.45, 7) is 6.83. The molecule has 1 heterocycles. The third-order valence-electron chi connectivity index (χ3n) is 2.64. The summed E-state index contributed by atoms with van der Waals surface area (Å²) in [5.74, 6) is -0.405. The number of ketones is 1. The number of carbonyl (C=O) groups is 2. The van der Waals surface area contributed by atoms with Gasteiger partial charge in [0.15, 0.2) is 5.78 Å². The van der Waals surface area contributed by atoms with E-state index in [0.717, 1.165) is 11.1 Å². The Morgan fingerprint density at radius 2 is 1.62 bits per heavy atom. The molecule has 2 aromatic rings. The lowest BCUT2D eigenvalue weighted by Gasteiger charge is -2.09. The standard InChI is InChI=1S/C15H14N2O2.C2H6/c1-10(18)15-14(17-11(2)19)8-13(9-16-15)12-6-4-3-5-7-12;1-2/h3-9H,1-2H3,(H,17,19);1-2H3. The molecule has 0 unspecified atom stereocenters. The van der Waals surface area contributed by atoms with E-state index in [1.807, 2.05) is 44.2 Å². The number of hydrogen-bond donors (Lipinski definition) is 1. The minimum Gasteiger partial charge on any atom is -0.324 e. The van der Waals surface area contributed by atoms with Crippen molar-refractivity contribution in [1.29, 1.82) is 0 Å². The Kier molecular flexibility index (Phi) is 6.27. The highest BCUT2D eigenvalue weighted by Gasteiger charge is 2.11. The molecule has 0 aliphatic carbocycles. The molecule has 1 aromatic carbocycles. The van der Waals surface area contributed by atoms with Gasteiger partial charge in [0, 0.05) is 25.6 Å². The van der Waals surface area contributed by atoms with Crippen LogP contribution in [0.15, 0.2) is 42.6 Å². The largest absolute Gasteiger partial charge is 0.324 e. The van der Waals surface area contributed by atoms with Gasteiger partial charge in [0.2, 0.25) is 5.91 Å². The molecule has 0 saturated heterocycles. The maximum absolute atomic E-state index is 11.5. The van der Waals surface area contributed by atoms with Crippen LogP contribution in [0.5, 0.6) is 0 Å². The van der Waals surface area contributed by atoms with E-state index in [2.05, 4.69) is 10.3 Å². The fourth-order valence-corrected chi connectivity index (χ4v) is 1.82. The summed E-state index contributed by atoms with van der Waals surface area (Å²) < 4.78 is 0. The molecule has 1 aromatic heterocycles. The highest BCUT2D eigenvalue weighted by Crippen LogP contribution is 2.24. The molecule has 0 aliphatic heterocycles. The minimum atomic E-state index is -0.227. The Morgan fingerprint density at radius 1 is 1.00 bits per heavy atom. The van der Waals surface area contributed by atoms with Gasteiger partial charge in [0.25, 0.3) is 0 Å². The quantitative estimate of drug-likeness (QED) is 0.868. The highest BCUT2D eigenvalue weighted by atomic mass is 16.1. The van der Waals surface area contributed by atoms with E-state index in [1.54, 1.807) is 12.3 Å². The first-order valence-corrected chi connectivity index (χ1v) is 6.92. The molecule has 1 amide bonds. The van der Waals surface area contributed by atoms with Crippen molar-refractivity contribution in [3.8, 4) is 11.1 Å². The lowest BCUT2D eigenvalue weighted by Crippen LogP contribution is -2.11. The van der Waals surface area contributed by atoms with Gasteiger partial charge in [-0.3, -0.25) is 14.6 Å². The van der Waals surface area contributed by atoms with Crippen LogP contribution in [0.4, 0.5) is 5.69 Å². The van der Waals surface area contributed by atoms with Gasteiger partial charge in [0.1, 0.15) is 5.69 Å². The average Bonchev–Trinajstić information content (AvgIpc) is 2.49. The molecular formula is C17H20N2O2. The van der Waals surface area contributed by atoms with Gasteiger partial charge in [-0.2, -0.15) is 0 Å². The smallest absolute Gasteiger partial charge is 0.221 e. The van der Waals surface area contributed by atoms with E-state index in [1.165, 1.54) is 13.8 Å². The van der Waals surface area contributed by atoms with E-state index in [0.29, 0.717) is 5.69 Å². The van der Waals surface area contributed by atoms with Gasteiger partial charge >= 0.3 is 0 Å². The number of rotatable bonds is 3. The molecule has 4 heteroatoms. The van der Waals surface area contributed by atoms with Crippen LogP contribution < -0.4 is 5.32 Å². The Labute approximate surface area is 125 Å². The summed E-state index contributed by atoms with van der Waals surface area (Å²) in [6.07, 6.45) is 1.64. The maximum Gasteiger partial charge on any atom is 0.221 e. The molecule has 0 saturated carbocycles. The summed E-state index contributed by atoms with van der Waals surface area (Å²) in [5, 5.41) is 2.64. The highest BCUT2D eigenvalue weighted by molar-refractivity contribution is 6.02. The molecule has 0 spiro atoms. The molecule has 110 valence electrons. The second-order valence-electron chi connectivity index (χ2n) is 4.22. The lowest BCUT2D eigenvalue weighted by atomic mass is 10.1. The zero-order valence-electron chi connectivity index (χ0n) is 12.8. The fourth-order valence-electron chi connectivity index (χ4n) is 1.82. The fraction of sp³-hybridized carbons (Fsp3) is 0.235. The third-order valence-corrected chi connectivity index (χ3v) is 2.64. The molecule has 4 nitrogen and oxygen atoms in total. The summed E-state index contributed by atoms with van der Waals surface area (Å²) in [4.78, 5) is 26.8. The van der Waals surface area contributed by atoms with Crippen LogP contribution in [0.1, 0.15) is 38.2 Å². The third kappa shape index (κ3) is 4.53. The Balaban J connectivity index is 0.00000106. The van der Waals surface area contributed by atoms with E-state index >= 15 is 0 Å². The number of benzene rings is 1. The Bertz CT molecular complexity index is 622. The van der Waals surface area contributed by atoms with Crippen LogP contribution in [0, 0.1) is 0 Å². The number of hydrogen-bond acceptors (Lipinski definition) is 3. The van der Waals surface area contributed by atoms with Crippen LogP contribution >= 0.6 is 0 Å². The van der Waals surface area contributed by atoms with Crippen molar-refractivity contribution in [2.24, 2.45) is 0 Å². The summed E-state index contributed by atoms with van der Waals surface area (Å²) in [5.41, 5.74) is 2.56. The van der Waals surface area contributed by atoms with Crippen molar-refractivity contribution in [1.82, 2.24) is 4.98 Å². The summed E-state index contributed by atoms with van der Waals surface area (Å²) in [6, 6.07) is 11.4. The van der Waals surface area contributed by atoms with Gasteiger partial charge < -0.3 is 5.32 Å². The lowest BCUT2D eigenvalue weighted by molar-refractivity contribution is -0.114. The van der Waals surface area contributed by atoms with E-state index < -0.39 is 0 Å². The number of nitrogens with zero attached hydrogens (tertiary/aromatic N) is 1. The van der Waals surface area contributed by atoms with Crippen molar-refractivity contribution < 1.29 is 9.59 Å². The second-order valence-corrected chi connectivity index (χ2v) is 4.22. The van der Waals surface area contributed by atoms with E-state index in [-0.39, 0.29) is 17.4 Å². The number of Topliss-reactive ketones (excluding diaryl/α,β-unsaturated/α-hetero) is 1. The molecule has 0 bridgehead atoms. The number of aromatic nitrogens is 1. The van der Waals surface area contributed by atoms with Crippen molar-refractivity contribution in [2.45, 2.75) is 27.7 Å². The number of pyridine rings is 1. The number of anilines is 1. The first kappa shape index (κ1) is 16.6. The van der Waals surface area contributed by atoms with Gasteiger partial charge in [-0.05, 0) is 11.6 Å². The maximum atomic E-state index is 11.5. The molecule has 0 aliphatic rings. The molecule has 0 fully saturated rings. The molecule has 0 radical (unpaired) electrons. The molecule has 21 heavy (non-hydrogen) atoms. The monoisotopic (exact) mass is 284 g/mol. The Hall–Kier alpha value is -2.49. The SMILES string of the molecule is CC.CC(=O)Nc1cc(-c2ccccc2)cnc1C(C)=O. The topological polar surface area (TPSA) is 59.1 Å². The minimum absolute atomic E-state index is 0.177. The van der Waals surface area contributed by atoms with Crippen LogP contribution in [0.3, 0.4) is 0 Å². The van der Waals surface area contributed by atoms with Gasteiger partial charge in [-0.15, -0.1) is 0 Å². The number of carbonyl (C=O) groups excluding carboxylic acids is 2. The Morgan fingerprint density at radius 3 is 2.14 bits per heavy atom. The van der Waals surface area contributed by atoms with Gasteiger partial charge in [0.05, 0.1) is 5.69 Å². The van der Waals surface area contributed by atoms with Crippen LogP contribution in [0.2, 0.25) is 0 Å². The average molecular weight is 284 g/mol. The van der Waals surface area contributed by atoms with Crippen LogP contribution in [-0.4, -0.2) is 16.7 Å². The van der Waals surface area contributed by atoms with Crippen LogP contribution in [0.25, 0.3) is 11.1 Å². The first-order chi connectivity index (χ1) is 10.1. The number of nitrogens with one attached hydrogen (secondary N) is 1. The van der Waals surface area contributed by atoms with Crippen LogP contribution in [-0.2, 0) is 4.79 Å². The normalized spacial score (nSPS) is 9.33. The zero-order chi connectivity index (χ0) is 15.8. The molecule has 1 N–H and O–H groups in total. The summed E-state index contributed by atoms with van der Waals surface area (Å²) >= 11 is 0. The molecule has 0 atom stereocenters. The number of amides is 1. The second kappa shape index (κ2) is 7.94. The summed E-state index contributed by atoms with van der Waals surface area (Å²) in [7, 11) is 0. The molecule has 2 rings (SSSR count). The van der Waals surface area contributed by atoms with Crippen molar-refractivity contribution in [3.05, 3.63) is 48.3 Å². The van der Waals surface area contributed by atoms with Crippen molar-refractivity contribution >= 4 is 17.4 Å². The van der Waals surface area contributed by atoms with Gasteiger partial charge in [-0.1, -0.05) is 44.2 Å². The van der Waals surface area contributed by atoms with E-state index in [9.17, 15) is 9.59 Å². The van der Waals surface area contributed by atoms with Crippen molar-refractivity contribution in [2.75, 3.05) is 5.32 Å². The van der Waals surface area contributed by atoms with Crippen molar-refractivity contribution in [3.63, 3.8) is 0 Å². The predicted molar refractivity (Wildman–Crippen MR) is 85.3 cm³/mol. The first-order valence-electron chi connectivity index (χ1n) is 6.92. The van der Waals surface area contributed by atoms with E-state index in [4.69, 9.17) is 0 Å². The van der Waals surface area contributed by atoms with Gasteiger partial charge in [-0.25, -0.2) is 0 Å². The zero-order valence-corrected chi connectivity index (χ0v) is 12.8. The predicted octanol–water partition coefficient (Wildman–Crippen LogP) is 3.94.